The first kappa shape index (κ1) is 12.2. The minimum atomic E-state index is -0.262. The van der Waals surface area contributed by atoms with Crippen LogP contribution in [0.1, 0.15) is 17.6 Å². The van der Waals surface area contributed by atoms with E-state index in [1.54, 1.807) is 12.3 Å². The number of nitrogens with zero attached hydrogens (tertiary/aromatic N) is 3. The molecule has 0 aliphatic carbocycles. The predicted molar refractivity (Wildman–Crippen MR) is 64.9 cm³/mol. The first-order valence-electron chi connectivity index (χ1n) is 6.05. The molecule has 2 aromatic rings. The van der Waals surface area contributed by atoms with E-state index in [9.17, 15) is 0 Å². The highest BCUT2D eigenvalue weighted by atomic mass is 16.6. The molecule has 1 saturated heterocycles. The van der Waals surface area contributed by atoms with Gasteiger partial charge < -0.3 is 19.7 Å². The average Bonchev–Trinajstić information content (AvgIpc) is 2.98. The van der Waals surface area contributed by atoms with E-state index in [-0.39, 0.29) is 6.10 Å². The van der Waals surface area contributed by atoms with E-state index in [0.717, 1.165) is 11.3 Å². The van der Waals surface area contributed by atoms with Crippen LogP contribution in [0, 0.1) is 0 Å². The van der Waals surface area contributed by atoms with Gasteiger partial charge in [-0.1, -0.05) is 5.16 Å². The molecule has 2 N–H and O–H groups in total. The molecular weight excluding hydrogens is 248 g/mol. The fourth-order valence-electron chi connectivity index (χ4n) is 1.84. The molecule has 19 heavy (non-hydrogen) atoms. The smallest absolute Gasteiger partial charge is 0.258 e. The highest BCUT2D eigenvalue weighted by molar-refractivity contribution is 5.52. The van der Waals surface area contributed by atoms with Crippen LogP contribution in [0.2, 0.25) is 0 Å². The Kier molecular flexibility index (Phi) is 3.49. The Balaban J connectivity index is 1.83. The van der Waals surface area contributed by atoms with Crippen molar-refractivity contribution in [1.29, 1.82) is 0 Å². The van der Waals surface area contributed by atoms with Gasteiger partial charge in [0, 0.05) is 18.3 Å². The SMILES string of the molecule is NCc1cc(-c2nc(C3COCCO3)no2)ccn1. The van der Waals surface area contributed by atoms with Crippen LogP contribution in [0.15, 0.2) is 22.9 Å². The summed E-state index contributed by atoms with van der Waals surface area (Å²) in [4.78, 5) is 8.45. The minimum absolute atomic E-state index is 0.262. The lowest BCUT2D eigenvalue weighted by Gasteiger charge is -2.19. The van der Waals surface area contributed by atoms with Crippen molar-refractivity contribution in [3.8, 4) is 11.5 Å². The second-order valence-corrected chi connectivity index (χ2v) is 4.13. The maximum atomic E-state index is 5.55. The maximum absolute atomic E-state index is 5.55. The van der Waals surface area contributed by atoms with Crippen LogP contribution in [0.4, 0.5) is 0 Å². The van der Waals surface area contributed by atoms with Gasteiger partial charge in [-0.25, -0.2) is 0 Å². The van der Waals surface area contributed by atoms with E-state index in [1.165, 1.54) is 0 Å². The second-order valence-electron chi connectivity index (χ2n) is 4.13. The predicted octanol–water partition coefficient (Wildman–Crippen LogP) is 0.678. The number of nitrogens with two attached hydrogens (primary N) is 1. The largest absolute Gasteiger partial charge is 0.376 e. The molecule has 1 aliphatic heterocycles. The van der Waals surface area contributed by atoms with Crippen molar-refractivity contribution >= 4 is 0 Å². The zero-order valence-corrected chi connectivity index (χ0v) is 10.3. The van der Waals surface area contributed by atoms with Crippen LogP contribution in [-0.4, -0.2) is 34.9 Å². The average molecular weight is 262 g/mol. The first-order valence-corrected chi connectivity index (χ1v) is 6.05. The standard InChI is InChI=1S/C12H14N4O3/c13-6-9-5-8(1-2-14-9)12-15-11(16-19-12)10-7-17-3-4-18-10/h1-2,5,10H,3-4,6-7,13H2. The number of hydrogen-bond acceptors (Lipinski definition) is 7. The number of rotatable bonds is 3. The molecule has 7 nitrogen and oxygen atoms in total. The van der Waals surface area contributed by atoms with Crippen LogP contribution in [0.25, 0.3) is 11.5 Å². The van der Waals surface area contributed by atoms with Gasteiger partial charge in [-0.05, 0) is 12.1 Å². The van der Waals surface area contributed by atoms with Gasteiger partial charge >= 0.3 is 0 Å². The monoisotopic (exact) mass is 262 g/mol. The summed E-state index contributed by atoms with van der Waals surface area (Å²) in [6.45, 7) is 1.96. The van der Waals surface area contributed by atoms with E-state index in [0.29, 0.717) is 38.1 Å². The zero-order valence-electron chi connectivity index (χ0n) is 10.3. The minimum Gasteiger partial charge on any atom is -0.376 e. The van der Waals surface area contributed by atoms with Crippen molar-refractivity contribution in [2.75, 3.05) is 19.8 Å². The molecule has 100 valence electrons. The van der Waals surface area contributed by atoms with E-state index in [2.05, 4.69) is 15.1 Å². The number of ether oxygens (including phenoxy) is 2. The molecule has 1 aliphatic rings. The van der Waals surface area contributed by atoms with E-state index < -0.39 is 0 Å². The molecule has 3 heterocycles. The van der Waals surface area contributed by atoms with Crippen molar-refractivity contribution in [1.82, 2.24) is 15.1 Å². The third-order valence-corrected chi connectivity index (χ3v) is 2.82. The third kappa shape index (κ3) is 2.62. The Hall–Kier alpha value is -1.83. The van der Waals surface area contributed by atoms with Crippen molar-refractivity contribution in [2.24, 2.45) is 5.73 Å². The molecule has 0 aromatic carbocycles. The second kappa shape index (κ2) is 5.43. The van der Waals surface area contributed by atoms with Gasteiger partial charge in [0.2, 0.25) is 5.82 Å². The van der Waals surface area contributed by atoms with Gasteiger partial charge in [0.25, 0.3) is 5.89 Å². The van der Waals surface area contributed by atoms with Gasteiger partial charge in [0.15, 0.2) is 0 Å². The summed E-state index contributed by atoms with van der Waals surface area (Å²) < 4.78 is 16.1. The van der Waals surface area contributed by atoms with Gasteiger partial charge in [0.05, 0.1) is 25.5 Å². The fraction of sp³-hybridized carbons (Fsp3) is 0.417. The van der Waals surface area contributed by atoms with E-state index in [1.807, 2.05) is 6.07 Å². The van der Waals surface area contributed by atoms with Gasteiger partial charge in [0.1, 0.15) is 6.10 Å². The fourth-order valence-corrected chi connectivity index (χ4v) is 1.84. The first-order chi connectivity index (χ1) is 9.36. The number of aromatic nitrogens is 3. The highest BCUT2D eigenvalue weighted by Crippen LogP contribution is 2.22. The molecule has 1 fully saturated rings. The highest BCUT2D eigenvalue weighted by Gasteiger charge is 2.22. The third-order valence-electron chi connectivity index (χ3n) is 2.82. The molecule has 0 saturated carbocycles. The topological polar surface area (TPSA) is 96.3 Å². The van der Waals surface area contributed by atoms with Crippen molar-refractivity contribution in [3.63, 3.8) is 0 Å². The Labute approximate surface area is 109 Å². The molecule has 3 rings (SSSR count). The normalized spacial score (nSPS) is 19.5. The summed E-state index contributed by atoms with van der Waals surface area (Å²) in [6, 6.07) is 3.63. The lowest BCUT2D eigenvalue weighted by Crippen LogP contribution is -2.22. The van der Waals surface area contributed by atoms with Gasteiger partial charge in [-0.15, -0.1) is 0 Å². The van der Waals surface area contributed by atoms with Crippen molar-refractivity contribution < 1.29 is 14.0 Å². The molecule has 0 radical (unpaired) electrons. The summed E-state index contributed by atoms with van der Waals surface area (Å²) in [7, 11) is 0. The summed E-state index contributed by atoms with van der Waals surface area (Å²) in [5.74, 6) is 0.932. The van der Waals surface area contributed by atoms with Crippen molar-refractivity contribution in [3.05, 3.63) is 29.8 Å². The Morgan fingerprint density at radius 1 is 1.37 bits per heavy atom. The summed E-state index contributed by atoms with van der Waals surface area (Å²) in [5.41, 5.74) is 7.12. The molecular formula is C12H14N4O3. The molecule has 1 unspecified atom stereocenters. The number of pyridine rings is 1. The Morgan fingerprint density at radius 2 is 2.32 bits per heavy atom. The molecule has 0 amide bonds. The molecule has 1 atom stereocenters. The molecule has 2 aromatic heterocycles. The van der Waals surface area contributed by atoms with Crippen LogP contribution in [0.5, 0.6) is 0 Å². The van der Waals surface area contributed by atoms with Crippen LogP contribution >= 0.6 is 0 Å². The Bertz CT molecular complexity index is 551. The lowest BCUT2D eigenvalue weighted by atomic mass is 10.2. The molecule has 7 heteroatoms. The summed E-state index contributed by atoms with van der Waals surface area (Å²) in [6.07, 6.45) is 1.41. The molecule has 0 bridgehead atoms. The maximum Gasteiger partial charge on any atom is 0.258 e. The summed E-state index contributed by atoms with van der Waals surface area (Å²) in [5, 5.41) is 3.93. The quantitative estimate of drug-likeness (QED) is 0.868. The zero-order chi connectivity index (χ0) is 13.1. The van der Waals surface area contributed by atoms with E-state index >= 15 is 0 Å². The summed E-state index contributed by atoms with van der Waals surface area (Å²) >= 11 is 0. The van der Waals surface area contributed by atoms with E-state index in [4.69, 9.17) is 19.7 Å². The van der Waals surface area contributed by atoms with Gasteiger partial charge in [-0.2, -0.15) is 4.98 Å². The number of hydrogen-bond donors (Lipinski definition) is 1. The molecule has 0 spiro atoms. The van der Waals surface area contributed by atoms with Crippen LogP contribution in [0.3, 0.4) is 0 Å². The van der Waals surface area contributed by atoms with Gasteiger partial charge in [-0.3, -0.25) is 4.98 Å². The van der Waals surface area contributed by atoms with Crippen LogP contribution in [-0.2, 0) is 16.0 Å². The lowest BCUT2D eigenvalue weighted by molar-refractivity contribution is -0.0941. The Morgan fingerprint density at radius 3 is 3.11 bits per heavy atom. The van der Waals surface area contributed by atoms with Crippen LogP contribution < -0.4 is 5.73 Å². The van der Waals surface area contributed by atoms with Crippen molar-refractivity contribution in [2.45, 2.75) is 12.6 Å².